The van der Waals surface area contributed by atoms with Crippen LogP contribution in [0.1, 0.15) is 37.9 Å². The standard InChI is InChI=1S/C14H24N2O/c1-4-17-10-14(16-15)13-7-5-6-12(9-13)8-11(2)3/h5-7,9,11,14,16H,4,8,10,15H2,1-3H3. The lowest BCUT2D eigenvalue weighted by Crippen LogP contribution is -2.31. The van der Waals surface area contributed by atoms with Gasteiger partial charge in [-0.1, -0.05) is 38.1 Å². The lowest BCUT2D eigenvalue weighted by molar-refractivity contribution is 0.123. The lowest BCUT2D eigenvalue weighted by atomic mass is 9.98. The van der Waals surface area contributed by atoms with Gasteiger partial charge in [-0.3, -0.25) is 11.3 Å². The average molecular weight is 236 g/mol. The molecule has 1 rings (SSSR count). The second kappa shape index (κ2) is 7.43. The normalized spacial score (nSPS) is 13.0. The summed E-state index contributed by atoms with van der Waals surface area (Å²) < 4.78 is 5.42. The van der Waals surface area contributed by atoms with Crippen LogP contribution >= 0.6 is 0 Å². The Bertz CT molecular complexity index is 326. The Morgan fingerprint density at radius 2 is 2.12 bits per heavy atom. The van der Waals surface area contributed by atoms with E-state index in [1.807, 2.05) is 6.92 Å². The molecule has 3 N–H and O–H groups in total. The molecule has 0 spiro atoms. The van der Waals surface area contributed by atoms with E-state index in [0.29, 0.717) is 19.1 Å². The molecule has 1 aromatic rings. The Balaban J connectivity index is 2.73. The van der Waals surface area contributed by atoms with Gasteiger partial charge in [-0.15, -0.1) is 0 Å². The molecule has 1 unspecified atom stereocenters. The highest BCUT2D eigenvalue weighted by atomic mass is 16.5. The second-order valence-electron chi connectivity index (χ2n) is 4.72. The van der Waals surface area contributed by atoms with Gasteiger partial charge >= 0.3 is 0 Å². The summed E-state index contributed by atoms with van der Waals surface area (Å²) in [7, 11) is 0. The van der Waals surface area contributed by atoms with Crippen LogP contribution in [0.2, 0.25) is 0 Å². The monoisotopic (exact) mass is 236 g/mol. The molecule has 1 atom stereocenters. The van der Waals surface area contributed by atoms with Gasteiger partial charge in [-0.2, -0.15) is 0 Å². The zero-order valence-corrected chi connectivity index (χ0v) is 11.1. The first kappa shape index (κ1) is 14.2. The molecule has 0 saturated heterocycles. The van der Waals surface area contributed by atoms with Gasteiger partial charge in [-0.25, -0.2) is 0 Å². The Morgan fingerprint density at radius 1 is 1.35 bits per heavy atom. The maximum atomic E-state index is 5.57. The van der Waals surface area contributed by atoms with Gasteiger partial charge in [0.15, 0.2) is 0 Å². The number of benzene rings is 1. The molecule has 1 aromatic carbocycles. The molecule has 0 saturated carbocycles. The smallest absolute Gasteiger partial charge is 0.0694 e. The molecule has 0 aliphatic carbocycles. The van der Waals surface area contributed by atoms with Crippen molar-refractivity contribution in [3.8, 4) is 0 Å². The van der Waals surface area contributed by atoms with Crippen LogP contribution in [-0.2, 0) is 11.2 Å². The molecule has 0 aromatic heterocycles. The summed E-state index contributed by atoms with van der Waals surface area (Å²) in [6, 6.07) is 8.62. The van der Waals surface area contributed by atoms with E-state index in [4.69, 9.17) is 10.6 Å². The van der Waals surface area contributed by atoms with Crippen molar-refractivity contribution in [3.63, 3.8) is 0 Å². The van der Waals surface area contributed by atoms with E-state index >= 15 is 0 Å². The number of nitrogens with two attached hydrogens (primary N) is 1. The van der Waals surface area contributed by atoms with Gasteiger partial charge in [0.05, 0.1) is 12.6 Å². The van der Waals surface area contributed by atoms with Gasteiger partial charge in [0.1, 0.15) is 0 Å². The molecular formula is C14H24N2O. The Morgan fingerprint density at radius 3 is 2.71 bits per heavy atom. The van der Waals surface area contributed by atoms with E-state index < -0.39 is 0 Å². The zero-order chi connectivity index (χ0) is 12.7. The van der Waals surface area contributed by atoms with Crippen LogP contribution in [0.5, 0.6) is 0 Å². The fourth-order valence-corrected chi connectivity index (χ4v) is 1.88. The summed E-state index contributed by atoms with van der Waals surface area (Å²) in [5.41, 5.74) is 5.36. The SMILES string of the molecule is CCOCC(NN)c1cccc(CC(C)C)c1. The van der Waals surface area contributed by atoms with Crippen molar-refractivity contribution in [2.24, 2.45) is 11.8 Å². The summed E-state index contributed by atoms with van der Waals surface area (Å²) in [5, 5.41) is 0. The lowest BCUT2D eigenvalue weighted by Gasteiger charge is -2.17. The molecule has 3 nitrogen and oxygen atoms in total. The summed E-state index contributed by atoms with van der Waals surface area (Å²) >= 11 is 0. The summed E-state index contributed by atoms with van der Waals surface area (Å²) in [6.07, 6.45) is 1.10. The molecule has 0 aliphatic heterocycles. The van der Waals surface area contributed by atoms with E-state index in [2.05, 4.69) is 43.5 Å². The summed E-state index contributed by atoms with van der Waals surface area (Å²) in [4.78, 5) is 0. The fraction of sp³-hybridized carbons (Fsp3) is 0.571. The minimum Gasteiger partial charge on any atom is -0.380 e. The predicted molar refractivity (Wildman–Crippen MR) is 71.5 cm³/mol. The maximum Gasteiger partial charge on any atom is 0.0694 e. The van der Waals surface area contributed by atoms with Crippen LogP contribution in [0.25, 0.3) is 0 Å². The van der Waals surface area contributed by atoms with Crippen LogP contribution in [0.15, 0.2) is 24.3 Å². The third-order valence-electron chi connectivity index (χ3n) is 2.69. The van der Waals surface area contributed by atoms with Crippen molar-refractivity contribution < 1.29 is 4.74 Å². The van der Waals surface area contributed by atoms with Crippen LogP contribution in [0.4, 0.5) is 0 Å². The van der Waals surface area contributed by atoms with Crippen LogP contribution in [-0.4, -0.2) is 13.2 Å². The largest absolute Gasteiger partial charge is 0.380 e. The topological polar surface area (TPSA) is 47.3 Å². The second-order valence-corrected chi connectivity index (χ2v) is 4.72. The number of hydrogen-bond donors (Lipinski definition) is 2. The fourth-order valence-electron chi connectivity index (χ4n) is 1.88. The van der Waals surface area contributed by atoms with E-state index in [-0.39, 0.29) is 6.04 Å². The summed E-state index contributed by atoms with van der Waals surface area (Å²) in [5.74, 6) is 6.23. The number of rotatable bonds is 7. The highest BCUT2D eigenvalue weighted by Gasteiger charge is 2.10. The first-order valence-electron chi connectivity index (χ1n) is 6.30. The van der Waals surface area contributed by atoms with Crippen molar-refractivity contribution in [1.82, 2.24) is 5.43 Å². The third-order valence-corrected chi connectivity index (χ3v) is 2.69. The first-order valence-corrected chi connectivity index (χ1v) is 6.30. The van der Waals surface area contributed by atoms with E-state index in [1.54, 1.807) is 0 Å². The van der Waals surface area contributed by atoms with Crippen LogP contribution in [0.3, 0.4) is 0 Å². The first-order chi connectivity index (χ1) is 8.17. The number of hydrogen-bond acceptors (Lipinski definition) is 3. The van der Waals surface area contributed by atoms with Gasteiger partial charge in [0.25, 0.3) is 0 Å². The summed E-state index contributed by atoms with van der Waals surface area (Å²) in [6.45, 7) is 7.77. The molecule has 0 amide bonds. The van der Waals surface area contributed by atoms with Gasteiger partial charge < -0.3 is 4.74 Å². The number of nitrogens with one attached hydrogen (secondary N) is 1. The molecule has 96 valence electrons. The predicted octanol–water partition coefficient (Wildman–Crippen LogP) is 2.43. The zero-order valence-electron chi connectivity index (χ0n) is 11.1. The molecular weight excluding hydrogens is 212 g/mol. The highest BCUT2D eigenvalue weighted by Crippen LogP contribution is 2.16. The molecule has 17 heavy (non-hydrogen) atoms. The Kier molecular flexibility index (Phi) is 6.19. The van der Waals surface area contributed by atoms with E-state index in [9.17, 15) is 0 Å². The molecule has 3 heteroatoms. The van der Waals surface area contributed by atoms with Crippen molar-refractivity contribution in [2.45, 2.75) is 33.2 Å². The molecule has 0 aliphatic rings. The Hall–Kier alpha value is -0.900. The van der Waals surface area contributed by atoms with Crippen LogP contribution < -0.4 is 11.3 Å². The molecule has 0 bridgehead atoms. The van der Waals surface area contributed by atoms with Gasteiger partial charge in [0.2, 0.25) is 0 Å². The molecule has 0 radical (unpaired) electrons. The minimum atomic E-state index is 0.0714. The van der Waals surface area contributed by atoms with Crippen molar-refractivity contribution >= 4 is 0 Å². The van der Waals surface area contributed by atoms with Crippen molar-refractivity contribution in [3.05, 3.63) is 35.4 Å². The van der Waals surface area contributed by atoms with E-state index in [0.717, 1.165) is 6.42 Å². The van der Waals surface area contributed by atoms with Crippen molar-refractivity contribution in [1.29, 1.82) is 0 Å². The van der Waals surface area contributed by atoms with Gasteiger partial charge in [-0.05, 0) is 30.4 Å². The average Bonchev–Trinajstić information content (AvgIpc) is 2.30. The third kappa shape index (κ3) is 4.86. The minimum absolute atomic E-state index is 0.0714. The molecule has 0 fully saturated rings. The molecule has 0 heterocycles. The van der Waals surface area contributed by atoms with Crippen LogP contribution in [0, 0.1) is 5.92 Å². The maximum absolute atomic E-state index is 5.57. The Labute approximate surface area is 104 Å². The quantitative estimate of drug-likeness (QED) is 0.564. The van der Waals surface area contributed by atoms with Crippen molar-refractivity contribution in [2.75, 3.05) is 13.2 Å². The van der Waals surface area contributed by atoms with Gasteiger partial charge in [0, 0.05) is 6.61 Å². The van der Waals surface area contributed by atoms with E-state index in [1.165, 1.54) is 11.1 Å². The number of hydrazine groups is 1. The highest BCUT2D eigenvalue weighted by molar-refractivity contribution is 5.26. The number of ether oxygens (including phenoxy) is 1.